The molecule has 0 spiro atoms. The predicted molar refractivity (Wildman–Crippen MR) is 151 cm³/mol. The van der Waals surface area contributed by atoms with Crippen LogP contribution in [0.4, 0.5) is 5.69 Å². The highest BCUT2D eigenvalue weighted by atomic mass is 16.5. The zero-order chi connectivity index (χ0) is 27.9. The second kappa shape index (κ2) is 12.9. The molecule has 2 aliphatic carbocycles. The summed E-state index contributed by atoms with van der Waals surface area (Å²) in [5.41, 5.74) is 3.20. The Hall–Kier alpha value is -3.75. The number of benzene rings is 1. The first-order valence-electron chi connectivity index (χ1n) is 13.7. The lowest BCUT2D eigenvalue weighted by atomic mass is 9.95. The highest BCUT2D eigenvalue weighted by Crippen LogP contribution is 2.50. The van der Waals surface area contributed by atoms with Crippen LogP contribution in [-0.4, -0.2) is 45.7 Å². The third-order valence-corrected chi connectivity index (χ3v) is 7.58. The van der Waals surface area contributed by atoms with E-state index < -0.39 is 6.04 Å². The van der Waals surface area contributed by atoms with Gasteiger partial charge in [0.15, 0.2) is 11.5 Å². The lowest BCUT2D eigenvalue weighted by Gasteiger charge is -2.19. The summed E-state index contributed by atoms with van der Waals surface area (Å²) in [6.45, 7) is 1.46. The Balaban J connectivity index is 1.73. The summed E-state index contributed by atoms with van der Waals surface area (Å²) >= 11 is 0. The zero-order valence-corrected chi connectivity index (χ0v) is 23.3. The van der Waals surface area contributed by atoms with E-state index in [1.54, 1.807) is 33.5 Å². The first-order valence-corrected chi connectivity index (χ1v) is 13.7. The maximum atomic E-state index is 13.4. The monoisotopic (exact) mass is 537 g/mol. The Labute approximate surface area is 229 Å². The summed E-state index contributed by atoms with van der Waals surface area (Å²) in [5.74, 6) is 1.16. The van der Waals surface area contributed by atoms with Crippen LogP contribution in [0.1, 0.15) is 69.0 Å². The van der Waals surface area contributed by atoms with Gasteiger partial charge < -0.3 is 30.2 Å². The Morgan fingerprint density at radius 1 is 0.897 bits per heavy atom. The molecule has 1 saturated carbocycles. The minimum Gasteiger partial charge on any atom is -0.493 e. The van der Waals surface area contributed by atoms with E-state index in [0.717, 1.165) is 42.4 Å². The number of carbonyl (C=O) groups is 2. The first-order chi connectivity index (χ1) is 18.9. The van der Waals surface area contributed by atoms with Gasteiger partial charge in [0.1, 0.15) is 0 Å². The molecular formula is C30H39N3O6. The lowest BCUT2D eigenvalue weighted by Crippen LogP contribution is -2.38. The molecule has 1 fully saturated rings. The molecule has 9 nitrogen and oxygen atoms in total. The molecule has 0 heterocycles. The lowest BCUT2D eigenvalue weighted by molar-refractivity contribution is -0.120. The highest BCUT2D eigenvalue weighted by molar-refractivity contribution is 5.84. The number of carbonyl (C=O) groups excluding carboxylic acids is 2. The van der Waals surface area contributed by atoms with E-state index in [-0.39, 0.29) is 29.8 Å². The normalized spacial score (nSPS) is 17.0. The third kappa shape index (κ3) is 6.46. The summed E-state index contributed by atoms with van der Waals surface area (Å²) in [4.78, 5) is 38.2. The van der Waals surface area contributed by atoms with Gasteiger partial charge in [0, 0.05) is 18.5 Å². The topological polar surface area (TPSA) is 115 Å². The molecular weight excluding hydrogens is 498 g/mol. The molecule has 210 valence electrons. The number of hydrogen-bond acceptors (Lipinski definition) is 7. The number of fused-ring (bicyclic) bond motifs is 3. The number of aryl methyl sites for hydroxylation is 1. The van der Waals surface area contributed by atoms with Crippen LogP contribution < -0.4 is 35.6 Å². The van der Waals surface area contributed by atoms with Gasteiger partial charge in [-0.05, 0) is 60.6 Å². The Morgan fingerprint density at radius 2 is 1.62 bits per heavy atom. The summed E-state index contributed by atoms with van der Waals surface area (Å²) in [7, 11) is 4.69. The largest absolute Gasteiger partial charge is 0.493 e. The number of ether oxygens (including phenoxy) is 3. The molecule has 9 heteroatoms. The van der Waals surface area contributed by atoms with Crippen molar-refractivity contribution in [3.63, 3.8) is 0 Å². The molecule has 2 aromatic carbocycles. The fourth-order valence-corrected chi connectivity index (χ4v) is 5.73. The van der Waals surface area contributed by atoms with Gasteiger partial charge in [0.25, 0.3) is 0 Å². The van der Waals surface area contributed by atoms with Gasteiger partial charge in [-0.3, -0.25) is 14.4 Å². The van der Waals surface area contributed by atoms with Crippen LogP contribution in [0.15, 0.2) is 29.1 Å². The molecule has 0 saturated heterocycles. The van der Waals surface area contributed by atoms with Crippen molar-refractivity contribution in [3.8, 4) is 28.4 Å². The number of rotatable bonds is 8. The number of anilines is 1. The standard InChI is InChI=1S/C30H39N3O6/c1-18(34)32-23-13-11-19-15-26(37-2)29(38-3)30(39-4)28(19)21-12-14-24(25(35)16-22(21)23)31-17-27(36)33-20-9-7-5-6-8-10-20/h12,14-16,20,23H,5-11,13,17H2,1-4H3,(H,31,35)(H,32,34)(H,33,36)/t23-/m0/s1. The van der Waals surface area contributed by atoms with Crippen molar-refractivity contribution in [2.75, 3.05) is 33.2 Å². The summed E-state index contributed by atoms with van der Waals surface area (Å²) in [5, 5.41) is 9.15. The summed E-state index contributed by atoms with van der Waals surface area (Å²) < 4.78 is 17.0. The van der Waals surface area contributed by atoms with Crippen LogP contribution in [0, 0.1) is 0 Å². The molecule has 2 aromatic rings. The van der Waals surface area contributed by atoms with E-state index in [2.05, 4.69) is 16.0 Å². The Kier molecular flexibility index (Phi) is 9.32. The SMILES string of the molecule is COc1cc2c(c(OC)c1OC)-c1ccc(NCC(=O)NC3CCCCCC3)c(=O)cc1[C@@H](NC(C)=O)CC2. The molecule has 39 heavy (non-hydrogen) atoms. The van der Waals surface area contributed by atoms with Crippen LogP contribution in [-0.2, 0) is 16.0 Å². The zero-order valence-electron chi connectivity index (χ0n) is 23.3. The van der Waals surface area contributed by atoms with E-state index >= 15 is 0 Å². The molecule has 0 radical (unpaired) electrons. The van der Waals surface area contributed by atoms with Gasteiger partial charge in [-0.15, -0.1) is 0 Å². The van der Waals surface area contributed by atoms with Gasteiger partial charge >= 0.3 is 0 Å². The molecule has 0 bridgehead atoms. The van der Waals surface area contributed by atoms with Gasteiger partial charge in [-0.25, -0.2) is 0 Å². The van der Waals surface area contributed by atoms with Crippen LogP contribution in [0.25, 0.3) is 11.1 Å². The van der Waals surface area contributed by atoms with E-state index in [1.165, 1.54) is 19.8 Å². The molecule has 1 atom stereocenters. The Morgan fingerprint density at radius 3 is 2.26 bits per heavy atom. The van der Waals surface area contributed by atoms with Crippen molar-refractivity contribution in [3.05, 3.63) is 45.6 Å². The average molecular weight is 538 g/mol. The minimum absolute atomic E-state index is 0.000471. The van der Waals surface area contributed by atoms with Crippen molar-refractivity contribution >= 4 is 17.5 Å². The first kappa shape index (κ1) is 28.3. The van der Waals surface area contributed by atoms with Gasteiger partial charge in [-0.2, -0.15) is 0 Å². The van der Waals surface area contributed by atoms with Gasteiger partial charge in [-0.1, -0.05) is 31.7 Å². The fraction of sp³-hybridized carbons (Fsp3) is 0.500. The van der Waals surface area contributed by atoms with Crippen LogP contribution in [0.2, 0.25) is 0 Å². The van der Waals surface area contributed by atoms with Crippen molar-refractivity contribution in [2.24, 2.45) is 0 Å². The van der Waals surface area contributed by atoms with Crippen molar-refractivity contribution < 1.29 is 23.8 Å². The molecule has 0 aromatic heterocycles. The van der Waals surface area contributed by atoms with E-state index in [1.807, 2.05) is 12.1 Å². The smallest absolute Gasteiger partial charge is 0.239 e. The fourth-order valence-electron chi connectivity index (χ4n) is 5.73. The van der Waals surface area contributed by atoms with Gasteiger partial charge in [0.2, 0.25) is 23.0 Å². The second-order valence-electron chi connectivity index (χ2n) is 10.2. The third-order valence-electron chi connectivity index (χ3n) is 7.58. The molecule has 0 aliphatic heterocycles. The minimum atomic E-state index is -0.391. The van der Waals surface area contributed by atoms with Crippen LogP contribution >= 0.6 is 0 Å². The number of amides is 2. The Bertz CT molecular complexity index is 1270. The van der Waals surface area contributed by atoms with Crippen molar-refractivity contribution in [1.29, 1.82) is 0 Å². The summed E-state index contributed by atoms with van der Waals surface area (Å²) in [6.07, 6.45) is 7.85. The molecule has 2 amide bonds. The molecule has 0 unspecified atom stereocenters. The van der Waals surface area contributed by atoms with E-state index in [9.17, 15) is 14.4 Å². The van der Waals surface area contributed by atoms with E-state index in [0.29, 0.717) is 41.3 Å². The van der Waals surface area contributed by atoms with Gasteiger partial charge in [0.05, 0.1) is 39.6 Å². The summed E-state index contributed by atoms with van der Waals surface area (Å²) in [6, 6.07) is 6.79. The predicted octanol–water partition coefficient (Wildman–Crippen LogP) is 4.11. The number of methoxy groups -OCH3 is 3. The number of hydrogen-bond donors (Lipinski definition) is 3. The van der Waals surface area contributed by atoms with Crippen molar-refractivity contribution in [1.82, 2.24) is 10.6 Å². The second-order valence-corrected chi connectivity index (χ2v) is 10.2. The van der Waals surface area contributed by atoms with Crippen LogP contribution in [0.5, 0.6) is 17.2 Å². The molecule has 4 rings (SSSR count). The number of nitrogens with one attached hydrogen (secondary N) is 3. The molecule has 2 aliphatic rings. The molecule has 3 N–H and O–H groups in total. The maximum absolute atomic E-state index is 13.4. The quantitative estimate of drug-likeness (QED) is 0.434. The van der Waals surface area contributed by atoms with Crippen molar-refractivity contribution in [2.45, 2.75) is 70.4 Å². The average Bonchev–Trinajstić information content (AvgIpc) is 3.32. The van der Waals surface area contributed by atoms with Crippen LogP contribution in [0.3, 0.4) is 0 Å². The maximum Gasteiger partial charge on any atom is 0.239 e. The highest BCUT2D eigenvalue weighted by Gasteiger charge is 2.29. The van der Waals surface area contributed by atoms with E-state index in [4.69, 9.17) is 14.2 Å².